The maximum atomic E-state index is 14.6. The van der Waals surface area contributed by atoms with Gasteiger partial charge in [-0.1, -0.05) is 26.8 Å². The van der Waals surface area contributed by atoms with E-state index in [1.165, 1.54) is 6.07 Å². The van der Waals surface area contributed by atoms with E-state index in [4.69, 9.17) is 0 Å². The molecular weight excluding hydrogens is 357 g/mol. The van der Waals surface area contributed by atoms with Gasteiger partial charge < -0.3 is 9.88 Å². The minimum absolute atomic E-state index is 0.171. The van der Waals surface area contributed by atoms with Gasteiger partial charge in [0.05, 0.1) is 5.69 Å². The van der Waals surface area contributed by atoms with Crippen LogP contribution in [0.2, 0.25) is 0 Å². The number of rotatable bonds is 4. The molecule has 0 aliphatic heterocycles. The number of fused-ring (bicyclic) bond motifs is 1. The first-order chi connectivity index (χ1) is 13.3. The van der Waals surface area contributed by atoms with Crippen molar-refractivity contribution in [2.45, 2.75) is 39.7 Å². The fraction of sp³-hybridized carbons (Fsp3) is 0.300. The molecule has 0 aliphatic carbocycles. The van der Waals surface area contributed by atoms with E-state index in [2.05, 4.69) is 46.4 Å². The molecule has 3 heterocycles. The Morgan fingerprint density at radius 2 is 1.93 bits per heavy atom. The Hall–Kier alpha value is -3.29. The van der Waals surface area contributed by atoms with Gasteiger partial charge in [0.25, 0.3) is 0 Å². The third kappa shape index (κ3) is 3.33. The van der Waals surface area contributed by atoms with Crippen LogP contribution in [0.4, 0.5) is 10.2 Å². The zero-order chi connectivity index (χ0) is 19.9. The number of hydrogen-bond acceptors (Lipinski definition) is 5. The summed E-state index contributed by atoms with van der Waals surface area (Å²) in [4.78, 5) is 4.14. The van der Waals surface area contributed by atoms with Crippen LogP contribution in [0.25, 0.3) is 11.3 Å². The molecule has 0 fully saturated rings. The van der Waals surface area contributed by atoms with E-state index >= 15 is 0 Å². The highest BCUT2D eigenvalue weighted by Crippen LogP contribution is 2.21. The third-order valence-corrected chi connectivity index (χ3v) is 4.50. The summed E-state index contributed by atoms with van der Waals surface area (Å²) in [6, 6.07) is 8.89. The first-order valence-corrected chi connectivity index (χ1v) is 9.08. The summed E-state index contributed by atoms with van der Waals surface area (Å²) in [5.41, 5.74) is 1.83. The SMILES string of the molecule is Cc1nccn1-c1ccc(CNc2ccc3nnc(C(C)(C)C)n3n2)cc1F. The van der Waals surface area contributed by atoms with Gasteiger partial charge >= 0.3 is 0 Å². The molecule has 144 valence electrons. The summed E-state index contributed by atoms with van der Waals surface area (Å²) < 4.78 is 18.0. The molecule has 0 bridgehead atoms. The van der Waals surface area contributed by atoms with Gasteiger partial charge in [-0.2, -0.15) is 4.52 Å². The van der Waals surface area contributed by atoms with Crippen LogP contribution in [0.5, 0.6) is 0 Å². The molecule has 0 saturated heterocycles. The quantitative estimate of drug-likeness (QED) is 0.586. The maximum absolute atomic E-state index is 14.6. The average molecular weight is 379 g/mol. The number of aromatic nitrogens is 6. The van der Waals surface area contributed by atoms with Crippen LogP contribution in [0.1, 0.15) is 38.0 Å². The Kier molecular flexibility index (Phi) is 4.33. The Balaban J connectivity index is 1.55. The standard InChI is InChI=1S/C20H22FN7/c1-13-22-9-10-27(13)16-6-5-14(11-15(16)21)12-23-17-7-8-18-24-25-19(20(2,3)4)28(18)26-17/h5-11H,12H2,1-4H3,(H,23,26). The van der Waals surface area contributed by atoms with E-state index in [1.54, 1.807) is 27.5 Å². The second-order valence-electron chi connectivity index (χ2n) is 7.75. The first kappa shape index (κ1) is 18.1. The largest absolute Gasteiger partial charge is 0.365 e. The van der Waals surface area contributed by atoms with Crippen LogP contribution < -0.4 is 5.32 Å². The minimum Gasteiger partial charge on any atom is -0.365 e. The number of nitrogens with zero attached hydrogens (tertiary/aromatic N) is 6. The van der Waals surface area contributed by atoms with Gasteiger partial charge in [0.1, 0.15) is 17.5 Å². The van der Waals surface area contributed by atoms with Crippen LogP contribution in [0.15, 0.2) is 42.7 Å². The lowest BCUT2D eigenvalue weighted by Crippen LogP contribution is -2.17. The molecule has 7 nitrogen and oxygen atoms in total. The second kappa shape index (κ2) is 6.70. The maximum Gasteiger partial charge on any atom is 0.178 e. The van der Waals surface area contributed by atoms with Crippen molar-refractivity contribution >= 4 is 11.5 Å². The molecule has 0 unspecified atom stereocenters. The zero-order valence-corrected chi connectivity index (χ0v) is 16.3. The lowest BCUT2D eigenvalue weighted by molar-refractivity contribution is 0.527. The Morgan fingerprint density at radius 3 is 2.61 bits per heavy atom. The molecule has 1 N–H and O–H groups in total. The molecule has 0 saturated carbocycles. The van der Waals surface area contributed by atoms with Crippen LogP contribution in [-0.4, -0.2) is 29.4 Å². The molecule has 0 radical (unpaired) electrons. The van der Waals surface area contributed by atoms with E-state index in [0.29, 0.717) is 23.7 Å². The molecule has 4 aromatic rings. The summed E-state index contributed by atoms with van der Waals surface area (Å²) in [5.74, 6) is 1.91. The summed E-state index contributed by atoms with van der Waals surface area (Å²) in [5, 5.41) is 16.2. The van der Waals surface area contributed by atoms with Crippen molar-refractivity contribution in [3.05, 3.63) is 65.8 Å². The lowest BCUT2D eigenvalue weighted by Gasteiger charge is -2.15. The van der Waals surface area contributed by atoms with Gasteiger partial charge in [-0.25, -0.2) is 9.37 Å². The van der Waals surface area contributed by atoms with E-state index < -0.39 is 0 Å². The number of hydrogen-bond donors (Lipinski definition) is 1. The number of anilines is 1. The van der Waals surface area contributed by atoms with Crippen molar-refractivity contribution in [1.82, 2.24) is 29.4 Å². The van der Waals surface area contributed by atoms with Crippen molar-refractivity contribution in [2.24, 2.45) is 0 Å². The van der Waals surface area contributed by atoms with Crippen molar-refractivity contribution in [3.63, 3.8) is 0 Å². The van der Waals surface area contributed by atoms with Crippen molar-refractivity contribution in [2.75, 3.05) is 5.32 Å². The molecule has 28 heavy (non-hydrogen) atoms. The molecule has 8 heteroatoms. The monoisotopic (exact) mass is 379 g/mol. The van der Waals surface area contributed by atoms with E-state index in [1.807, 2.05) is 25.1 Å². The Labute approximate surface area is 162 Å². The molecule has 4 rings (SSSR count). The van der Waals surface area contributed by atoms with Crippen molar-refractivity contribution < 1.29 is 4.39 Å². The van der Waals surface area contributed by atoms with Crippen LogP contribution >= 0.6 is 0 Å². The van der Waals surface area contributed by atoms with Gasteiger partial charge in [0.2, 0.25) is 0 Å². The number of imidazole rings is 1. The van der Waals surface area contributed by atoms with Crippen molar-refractivity contribution in [3.8, 4) is 5.69 Å². The number of nitrogens with one attached hydrogen (secondary N) is 1. The zero-order valence-electron chi connectivity index (χ0n) is 16.3. The number of halogens is 1. The second-order valence-corrected chi connectivity index (χ2v) is 7.75. The van der Waals surface area contributed by atoms with Crippen molar-refractivity contribution in [1.29, 1.82) is 0 Å². The average Bonchev–Trinajstić information content (AvgIpc) is 3.25. The van der Waals surface area contributed by atoms with Crippen LogP contribution in [0.3, 0.4) is 0 Å². The van der Waals surface area contributed by atoms with Gasteiger partial charge in [0.15, 0.2) is 11.5 Å². The van der Waals surface area contributed by atoms with Gasteiger partial charge in [-0.05, 0) is 36.8 Å². The molecule has 0 aliphatic rings. The molecule has 0 amide bonds. The first-order valence-electron chi connectivity index (χ1n) is 9.08. The topological polar surface area (TPSA) is 72.9 Å². The number of benzene rings is 1. The lowest BCUT2D eigenvalue weighted by atomic mass is 9.96. The fourth-order valence-corrected chi connectivity index (χ4v) is 3.03. The smallest absolute Gasteiger partial charge is 0.178 e. The summed E-state index contributed by atoms with van der Waals surface area (Å²) in [6.07, 6.45) is 3.40. The van der Waals surface area contributed by atoms with E-state index in [0.717, 1.165) is 17.2 Å². The number of aryl methyl sites for hydroxylation is 1. The molecule has 0 atom stereocenters. The summed E-state index contributed by atoms with van der Waals surface area (Å²) in [6.45, 7) is 8.49. The summed E-state index contributed by atoms with van der Waals surface area (Å²) in [7, 11) is 0. The highest BCUT2D eigenvalue weighted by atomic mass is 19.1. The molecule has 0 spiro atoms. The van der Waals surface area contributed by atoms with E-state index in [9.17, 15) is 4.39 Å². The third-order valence-electron chi connectivity index (χ3n) is 4.50. The molecule has 1 aromatic carbocycles. The molecule has 3 aromatic heterocycles. The van der Waals surface area contributed by atoms with Gasteiger partial charge in [0, 0.05) is 24.4 Å². The minimum atomic E-state index is -0.294. The predicted molar refractivity (Wildman–Crippen MR) is 105 cm³/mol. The van der Waals surface area contributed by atoms with Gasteiger partial charge in [-0.15, -0.1) is 15.3 Å². The van der Waals surface area contributed by atoms with Gasteiger partial charge in [-0.3, -0.25) is 0 Å². The Morgan fingerprint density at radius 1 is 1.11 bits per heavy atom. The van der Waals surface area contributed by atoms with Crippen LogP contribution in [-0.2, 0) is 12.0 Å². The van der Waals surface area contributed by atoms with Crippen LogP contribution in [0, 0.1) is 12.7 Å². The Bertz CT molecular complexity index is 1140. The fourth-order valence-electron chi connectivity index (χ4n) is 3.03. The summed E-state index contributed by atoms with van der Waals surface area (Å²) >= 11 is 0. The highest BCUT2D eigenvalue weighted by Gasteiger charge is 2.21. The molecular formula is C20H22FN7. The van der Waals surface area contributed by atoms with E-state index in [-0.39, 0.29) is 11.2 Å². The normalized spacial score (nSPS) is 11.9. The highest BCUT2D eigenvalue weighted by molar-refractivity contribution is 5.45. The predicted octanol–water partition coefficient (Wildman–Crippen LogP) is 3.67.